The quantitative estimate of drug-likeness (QED) is 0.719. The van der Waals surface area contributed by atoms with Crippen molar-refractivity contribution in [3.05, 3.63) is 63.9 Å². The molecule has 1 atom stereocenters. The summed E-state index contributed by atoms with van der Waals surface area (Å²) in [6.07, 6.45) is 2.74. The Balaban J connectivity index is 2.17. The van der Waals surface area contributed by atoms with E-state index in [2.05, 4.69) is 68.0 Å². The van der Waals surface area contributed by atoms with Crippen molar-refractivity contribution in [3.8, 4) is 0 Å². The van der Waals surface area contributed by atoms with Gasteiger partial charge in [0.2, 0.25) is 0 Å². The lowest BCUT2D eigenvalue weighted by Gasteiger charge is -2.13. The first-order valence-electron chi connectivity index (χ1n) is 5.47. The Bertz CT molecular complexity index is 497. The first-order valence-corrected chi connectivity index (χ1v) is 7.17. The molecule has 2 rings (SSSR count). The molecular formula is C14H13Br2N. The van der Waals surface area contributed by atoms with Gasteiger partial charge in [-0.2, -0.15) is 0 Å². The predicted molar refractivity (Wildman–Crippen MR) is 78.5 cm³/mol. The van der Waals surface area contributed by atoms with Crippen LogP contribution >= 0.6 is 31.9 Å². The molecule has 1 aromatic carbocycles. The molecule has 0 saturated carbocycles. The molecule has 0 aliphatic carbocycles. The minimum absolute atomic E-state index is 0.311. The van der Waals surface area contributed by atoms with Crippen LogP contribution in [0.25, 0.3) is 0 Å². The number of nitrogens with zero attached hydrogens (tertiary/aromatic N) is 1. The molecule has 88 valence electrons. The third kappa shape index (κ3) is 3.39. The third-order valence-electron chi connectivity index (χ3n) is 2.68. The van der Waals surface area contributed by atoms with Crippen molar-refractivity contribution in [3.63, 3.8) is 0 Å². The number of pyridine rings is 1. The van der Waals surface area contributed by atoms with Crippen molar-refractivity contribution in [2.45, 2.75) is 18.2 Å². The van der Waals surface area contributed by atoms with Crippen LogP contribution in [0.15, 0.2) is 47.1 Å². The molecule has 1 heterocycles. The zero-order valence-corrected chi connectivity index (χ0v) is 12.7. The maximum atomic E-state index is 4.35. The Morgan fingerprint density at radius 3 is 2.71 bits per heavy atom. The summed E-state index contributed by atoms with van der Waals surface area (Å²) < 4.78 is 1.12. The Hall–Kier alpha value is -0.670. The third-order valence-corrected chi connectivity index (χ3v) is 3.99. The van der Waals surface area contributed by atoms with Crippen LogP contribution < -0.4 is 0 Å². The van der Waals surface area contributed by atoms with Crippen LogP contribution in [0.1, 0.15) is 21.6 Å². The van der Waals surface area contributed by atoms with E-state index < -0.39 is 0 Å². The minimum atomic E-state index is 0.311. The molecule has 0 radical (unpaired) electrons. The summed E-state index contributed by atoms with van der Waals surface area (Å²) in [5.41, 5.74) is 3.72. The Morgan fingerprint density at radius 1 is 1.24 bits per heavy atom. The molecule has 0 saturated heterocycles. The number of benzene rings is 1. The van der Waals surface area contributed by atoms with Crippen molar-refractivity contribution < 1.29 is 0 Å². The number of halogens is 2. The summed E-state index contributed by atoms with van der Waals surface area (Å²) in [5.74, 6) is 0. The first-order chi connectivity index (χ1) is 8.16. The lowest BCUT2D eigenvalue weighted by Crippen LogP contribution is -1.99. The van der Waals surface area contributed by atoms with E-state index in [4.69, 9.17) is 0 Å². The maximum Gasteiger partial charge on any atom is 0.0453 e. The maximum absolute atomic E-state index is 4.35. The first kappa shape index (κ1) is 12.8. The van der Waals surface area contributed by atoms with E-state index in [0.29, 0.717) is 4.83 Å². The van der Waals surface area contributed by atoms with Gasteiger partial charge in [0.05, 0.1) is 0 Å². The monoisotopic (exact) mass is 353 g/mol. The number of aromatic nitrogens is 1. The van der Waals surface area contributed by atoms with Gasteiger partial charge in [0, 0.05) is 27.6 Å². The Kier molecular flexibility index (Phi) is 4.35. The lowest BCUT2D eigenvalue weighted by molar-refractivity contribution is 0.897. The average Bonchev–Trinajstić information content (AvgIpc) is 2.30. The van der Waals surface area contributed by atoms with E-state index in [1.807, 2.05) is 18.3 Å². The number of rotatable bonds is 3. The van der Waals surface area contributed by atoms with Crippen LogP contribution in [0.2, 0.25) is 0 Å². The van der Waals surface area contributed by atoms with Gasteiger partial charge >= 0.3 is 0 Å². The Labute approximate surface area is 119 Å². The summed E-state index contributed by atoms with van der Waals surface area (Å²) >= 11 is 7.23. The number of hydrogen-bond donors (Lipinski definition) is 0. The molecule has 0 aliphatic rings. The van der Waals surface area contributed by atoms with Crippen LogP contribution in [-0.4, -0.2) is 4.98 Å². The van der Waals surface area contributed by atoms with Gasteiger partial charge in [0.1, 0.15) is 0 Å². The predicted octanol–water partition coefficient (Wildman–Crippen LogP) is 4.83. The molecule has 1 unspecified atom stereocenters. The van der Waals surface area contributed by atoms with Gasteiger partial charge in [-0.3, -0.25) is 4.98 Å². The standard InChI is InChI=1S/C14H13Br2N/c1-10-8-11(15)5-6-13(10)14(16)9-12-4-2-3-7-17-12/h2-8,14H,9H2,1H3. The highest BCUT2D eigenvalue weighted by molar-refractivity contribution is 9.10. The molecule has 0 N–H and O–H groups in total. The Morgan fingerprint density at radius 2 is 2.06 bits per heavy atom. The molecule has 3 heteroatoms. The highest BCUT2D eigenvalue weighted by Crippen LogP contribution is 2.30. The molecule has 0 fully saturated rings. The van der Waals surface area contributed by atoms with Crippen LogP contribution in [0.5, 0.6) is 0 Å². The van der Waals surface area contributed by atoms with Crippen LogP contribution in [0.3, 0.4) is 0 Å². The average molecular weight is 355 g/mol. The van der Waals surface area contributed by atoms with Gasteiger partial charge in [-0.25, -0.2) is 0 Å². The molecule has 0 aliphatic heterocycles. The molecule has 0 bridgehead atoms. The van der Waals surface area contributed by atoms with Crippen LogP contribution in [0, 0.1) is 6.92 Å². The summed E-state index contributed by atoms with van der Waals surface area (Å²) in [4.78, 5) is 4.66. The molecule has 1 nitrogen and oxygen atoms in total. The SMILES string of the molecule is Cc1cc(Br)ccc1C(Br)Cc1ccccn1. The van der Waals surface area contributed by atoms with Crippen molar-refractivity contribution in [2.24, 2.45) is 0 Å². The summed E-state index contributed by atoms with van der Waals surface area (Å²) in [7, 11) is 0. The fourth-order valence-corrected chi connectivity index (χ4v) is 3.12. The fourth-order valence-electron chi connectivity index (χ4n) is 1.80. The van der Waals surface area contributed by atoms with E-state index in [0.717, 1.165) is 16.6 Å². The second-order valence-corrected chi connectivity index (χ2v) is 6.01. The lowest BCUT2D eigenvalue weighted by atomic mass is 10.0. The second-order valence-electron chi connectivity index (χ2n) is 3.99. The van der Waals surface area contributed by atoms with Gasteiger partial charge in [-0.1, -0.05) is 44.0 Å². The molecular weight excluding hydrogens is 342 g/mol. The summed E-state index contributed by atoms with van der Waals surface area (Å²) in [6, 6.07) is 12.4. The second kappa shape index (κ2) is 5.78. The highest BCUT2D eigenvalue weighted by Gasteiger charge is 2.11. The van der Waals surface area contributed by atoms with E-state index in [9.17, 15) is 0 Å². The zero-order chi connectivity index (χ0) is 12.3. The topological polar surface area (TPSA) is 12.9 Å². The van der Waals surface area contributed by atoms with Gasteiger partial charge in [0.15, 0.2) is 0 Å². The number of aryl methyl sites for hydroxylation is 1. The van der Waals surface area contributed by atoms with Gasteiger partial charge in [0.25, 0.3) is 0 Å². The molecule has 17 heavy (non-hydrogen) atoms. The van der Waals surface area contributed by atoms with Crippen molar-refractivity contribution in [2.75, 3.05) is 0 Å². The van der Waals surface area contributed by atoms with Crippen LogP contribution in [-0.2, 0) is 6.42 Å². The zero-order valence-electron chi connectivity index (χ0n) is 9.53. The normalized spacial score (nSPS) is 12.4. The van der Waals surface area contributed by atoms with E-state index >= 15 is 0 Å². The molecule has 2 aromatic rings. The van der Waals surface area contributed by atoms with Crippen molar-refractivity contribution >= 4 is 31.9 Å². The number of alkyl halides is 1. The van der Waals surface area contributed by atoms with Crippen molar-refractivity contribution in [1.82, 2.24) is 4.98 Å². The van der Waals surface area contributed by atoms with Crippen molar-refractivity contribution in [1.29, 1.82) is 0 Å². The summed E-state index contributed by atoms with van der Waals surface area (Å²) in [6.45, 7) is 2.13. The van der Waals surface area contributed by atoms with Gasteiger partial charge in [-0.15, -0.1) is 0 Å². The molecule has 1 aromatic heterocycles. The highest BCUT2D eigenvalue weighted by atomic mass is 79.9. The smallest absolute Gasteiger partial charge is 0.0453 e. The fraction of sp³-hybridized carbons (Fsp3) is 0.214. The molecule has 0 spiro atoms. The van der Waals surface area contributed by atoms with E-state index in [-0.39, 0.29) is 0 Å². The summed E-state index contributed by atoms with van der Waals surface area (Å²) in [5, 5.41) is 0. The minimum Gasteiger partial charge on any atom is -0.261 e. The van der Waals surface area contributed by atoms with E-state index in [1.165, 1.54) is 11.1 Å². The largest absolute Gasteiger partial charge is 0.261 e. The van der Waals surface area contributed by atoms with Gasteiger partial charge in [-0.05, 0) is 42.3 Å². The molecule has 0 amide bonds. The number of hydrogen-bond acceptors (Lipinski definition) is 1. The van der Waals surface area contributed by atoms with Crippen LogP contribution in [0.4, 0.5) is 0 Å². The van der Waals surface area contributed by atoms with E-state index in [1.54, 1.807) is 0 Å². The van der Waals surface area contributed by atoms with Gasteiger partial charge < -0.3 is 0 Å².